The second-order valence-electron chi connectivity index (χ2n) is 7.82. The lowest BCUT2D eigenvalue weighted by molar-refractivity contribution is -0.146. The third-order valence-electron chi connectivity index (χ3n) is 6.32. The predicted molar refractivity (Wildman–Crippen MR) is 96.8 cm³/mol. The van der Waals surface area contributed by atoms with E-state index in [-0.39, 0.29) is 29.6 Å². The lowest BCUT2D eigenvalue weighted by Crippen LogP contribution is -2.66. The van der Waals surface area contributed by atoms with E-state index >= 15 is 0 Å². The Kier molecular flexibility index (Phi) is 3.74. The number of hydrogen-bond donors (Lipinski definition) is 2. The average Bonchev–Trinajstić information content (AvgIpc) is 3.20. The van der Waals surface area contributed by atoms with Gasteiger partial charge in [0, 0.05) is 18.3 Å². The fourth-order valence-corrected chi connectivity index (χ4v) is 5.00. The van der Waals surface area contributed by atoms with Crippen molar-refractivity contribution in [2.24, 2.45) is 17.8 Å². The second kappa shape index (κ2) is 6.15. The molecule has 1 aliphatic heterocycles. The molecule has 0 radical (unpaired) electrons. The molecule has 2 bridgehead atoms. The summed E-state index contributed by atoms with van der Waals surface area (Å²) in [5.74, 6) is 1.69. The van der Waals surface area contributed by atoms with Crippen LogP contribution < -0.4 is 15.4 Å². The van der Waals surface area contributed by atoms with Crippen LogP contribution in [0.25, 0.3) is 0 Å². The SMILES string of the molecule is O=C1NC2(CC3CCC2CC3C(=O)NCc2ccco2)Oc2ccccc21. The van der Waals surface area contributed by atoms with E-state index < -0.39 is 5.72 Å². The van der Waals surface area contributed by atoms with E-state index in [1.165, 1.54) is 0 Å². The molecule has 140 valence electrons. The lowest BCUT2D eigenvalue weighted by Gasteiger charge is -2.55. The Labute approximate surface area is 157 Å². The number of furan rings is 1. The smallest absolute Gasteiger partial charge is 0.258 e. The molecule has 6 heteroatoms. The van der Waals surface area contributed by atoms with Gasteiger partial charge in [-0.2, -0.15) is 0 Å². The number of amides is 2. The lowest BCUT2D eigenvalue weighted by atomic mass is 9.60. The highest BCUT2D eigenvalue weighted by Crippen LogP contribution is 2.52. The van der Waals surface area contributed by atoms with E-state index in [2.05, 4.69) is 10.6 Å². The van der Waals surface area contributed by atoms with Crippen LogP contribution in [-0.2, 0) is 11.3 Å². The molecule has 2 heterocycles. The predicted octanol–water partition coefficient (Wildman–Crippen LogP) is 2.85. The third kappa shape index (κ3) is 2.71. The number of rotatable bonds is 3. The molecule has 3 aliphatic carbocycles. The zero-order valence-electron chi connectivity index (χ0n) is 14.9. The van der Waals surface area contributed by atoms with Crippen LogP contribution in [0.15, 0.2) is 47.1 Å². The molecule has 6 rings (SSSR count). The highest BCUT2D eigenvalue weighted by Gasteiger charge is 2.57. The number of fused-ring (bicyclic) bond motifs is 3. The Balaban J connectivity index is 1.32. The van der Waals surface area contributed by atoms with E-state index in [1.807, 2.05) is 30.3 Å². The number of carbonyl (C=O) groups excluding carboxylic acids is 2. The minimum Gasteiger partial charge on any atom is -0.467 e. The molecule has 3 saturated carbocycles. The number of carbonyl (C=O) groups is 2. The first kappa shape index (κ1) is 16.4. The molecule has 0 saturated heterocycles. The molecule has 4 aliphatic rings. The van der Waals surface area contributed by atoms with Gasteiger partial charge in [-0.15, -0.1) is 0 Å². The van der Waals surface area contributed by atoms with Crippen LogP contribution in [-0.4, -0.2) is 17.5 Å². The van der Waals surface area contributed by atoms with E-state index in [1.54, 1.807) is 12.3 Å². The molecule has 3 fully saturated rings. The first-order chi connectivity index (χ1) is 13.1. The van der Waals surface area contributed by atoms with Crippen LogP contribution in [0.4, 0.5) is 0 Å². The third-order valence-corrected chi connectivity index (χ3v) is 6.32. The van der Waals surface area contributed by atoms with E-state index in [0.29, 0.717) is 24.3 Å². The topological polar surface area (TPSA) is 80.6 Å². The van der Waals surface area contributed by atoms with Gasteiger partial charge in [0.25, 0.3) is 5.91 Å². The summed E-state index contributed by atoms with van der Waals surface area (Å²) in [6, 6.07) is 11.0. The maximum atomic E-state index is 12.7. The van der Waals surface area contributed by atoms with Crippen molar-refractivity contribution < 1.29 is 18.7 Å². The molecule has 4 atom stereocenters. The van der Waals surface area contributed by atoms with Crippen LogP contribution in [0, 0.1) is 17.8 Å². The van der Waals surface area contributed by atoms with Crippen molar-refractivity contribution in [3.8, 4) is 5.75 Å². The highest BCUT2D eigenvalue weighted by molar-refractivity contribution is 5.98. The second-order valence-corrected chi connectivity index (χ2v) is 7.82. The number of hydrogen-bond acceptors (Lipinski definition) is 4. The van der Waals surface area contributed by atoms with Crippen LogP contribution >= 0.6 is 0 Å². The van der Waals surface area contributed by atoms with Gasteiger partial charge in [0.2, 0.25) is 5.91 Å². The van der Waals surface area contributed by atoms with Crippen LogP contribution in [0.1, 0.15) is 41.8 Å². The summed E-state index contributed by atoms with van der Waals surface area (Å²) in [4.78, 5) is 25.3. The van der Waals surface area contributed by atoms with Gasteiger partial charge in [0.05, 0.1) is 18.4 Å². The van der Waals surface area contributed by atoms with E-state index in [9.17, 15) is 9.59 Å². The van der Waals surface area contributed by atoms with Gasteiger partial charge in [-0.25, -0.2) is 0 Å². The van der Waals surface area contributed by atoms with Crippen molar-refractivity contribution in [2.75, 3.05) is 0 Å². The summed E-state index contributed by atoms with van der Waals surface area (Å²) >= 11 is 0. The molecule has 4 unspecified atom stereocenters. The highest BCUT2D eigenvalue weighted by atomic mass is 16.5. The fourth-order valence-electron chi connectivity index (χ4n) is 5.00. The average molecular weight is 366 g/mol. The zero-order valence-corrected chi connectivity index (χ0v) is 14.9. The van der Waals surface area contributed by atoms with Crippen molar-refractivity contribution >= 4 is 11.8 Å². The summed E-state index contributed by atoms with van der Waals surface area (Å²) in [5.41, 5.74) is -0.0936. The van der Waals surface area contributed by atoms with Crippen LogP contribution in [0.2, 0.25) is 0 Å². The molecule has 1 aromatic heterocycles. The largest absolute Gasteiger partial charge is 0.467 e. The van der Waals surface area contributed by atoms with Gasteiger partial charge in [-0.3, -0.25) is 9.59 Å². The van der Waals surface area contributed by atoms with Crippen molar-refractivity contribution in [1.29, 1.82) is 0 Å². The number of ether oxygens (including phenoxy) is 1. The van der Waals surface area contributed by atoms with Crippen molar-refractivity contribution in [3.63, 3.8) is 0 Å². The molecule has 6 nitrogen and oxygen atoms in total. The van der Waals surface area contributed by atoms with Crippen LogP contribution in [0.3, 0.4) is 0 Å². The molecule has 27 heavy (non-hydrogen) atoms. The summed E-state index contributed by atoms with van der Waals surface area (Å²) in [7, 11) is 0. The summed E-state index contributed by atoms with van der Waals surface area (Å²) in [5, 5.41) is 6.12. The summed E-state index contributed by atoms with van der Waals surface area (Å²) < 4.78 is 11.6. The zero-order chi connectivity index (χ0) is 18.4. The minimum atomic E-state index is -0.674. The Bertz CT molecular complexity index is 878. The standard InChI is InChI=1S/C21H22N2O4/c24-19(22-12-15-4-3-9-26-15)17-10-14-8-7-13(17)11-21(14)23-20(25)16-5-1-2-6-18(16)27-21/h1-6,9,13-14,17H,7-8,10-12H2,(H,22,24)(H,23,25). The number of benzene rings is 1. The molecular formula is C21H22N2O4. The van der Waals surface area contributed by atoms with Gasteiger partial charge in [-0.05, 0) is 49.4 Å². The molecule has 2 aromatic rings. The summed E-state index contributed by atoms with van der Waals surface area (Å²) in [6.45, 7) is 0.408. The monoisotopic (exact) mass is 366 g/mol. The molecule has 2 amide bonds. The Morgan fingerprint density at radius 2 is 2.11 bits per heavy atom. The van der Waals surface area contributed by atoms with Gasteiger partial charge < -0.3 is 19.8 Å². The molecular weight excluding hydrogens is 344 g/mol. The Morgan fingerprint density at radius 1 is 1.22 bits per heavy atom. The van der Waals surface area contributed by atoms with Crippen LogP contribution in [0.5, 0.6) is 5.75 Å². The summed E-state index contributed by atoms with van der Waals surface area (Å²) in [6.07, 6.45) is 4.98. The fraction of sp³-hybridized carbons (Fsp3) is 0.429. The Morgan fingerprint density at radius 3 is 2.89 bits per heavy atom. The van der Waals surface area contributed by atoms with E-state index in [0.717, 1.165) is 25.0 Å². The quantitative estimate of drug-likeness (QED) is 0.875. The maximum absolute atomic E-state index is 12.7. The normalized spacial score (nSPS) is 31.1. The van der Waals surface area contributed by atoms with Gasteiger partial charge >= 0.3 is 0 Å². The van der Waals surface area contributed by atoms with Gasteiger partial charge in [0.1, 0.15) is 11.5 Å². The van der Waals surface area contributed by atoms with E-state index in [4.69, 9.17) is 9.15 Å². The van der Waals surface area contributed by atoms with Crippen molar-refractivity contribution in [1.82, 2.24) is 10.6 Å². The van der Waals surface area contributed by atoms with Gasteiger partial charge in [-0.1, -0.05) is 12.1 Å². The van der Waals surface area contributed by atoms with Crippen molar-refractivity contribution in [2.45, 2.75) is 38.0 Å². The van der Waals surface area contributed by atoms with Crippen molar-refractivity contribution in [3.05, 3.63) is 54.0 Å². The van der Waals surface area contributed by atoms with Gasteiger partial charge in [0.15, 0.2) is 5.72 Å². The molecule has 1 spiro atoms. The number of nitrogens with one attached hydrogen (secondary N) is 2. The first-order valence-corrected chi connectivity index (χ1v) is 9.55. The minimum absolute atomic E-state index is 0.0398. The Hall–Kier alpha value is -2.76. The molecule has 2 N–H and O–H groups in total. The number of para-hydroxylation sites is 1. The molecule has 1 aromatic carbocycles. The maximum Gasteiger partial charge on any atom is 0.258 e. The first-order valence-electron chi connectivity index (χ1n) is 9.55.